The Hall–Kier alpha value is -5.81. The van der Waals surface area contributed by atoms with Crippen molar-refractivity contribution < 1.29 is 37.0 Å². The summed E-state index contributed by atoms with van der Waals surface area (Å²) in [7, 11) is 0. The predicted octanol–water partition coefficient (Wildman–Crippen LogP) is 9.75. The van der Waals surface area contributed by atoms with Gasteiger partial charge in [0.05, 0.1) is 12.2 Å². The van der Waals surface area contributed by atoms with E-state index in [1.54, 1.807) is 36.9 Å². The summed E-state index contributed by atoms with van der Waals surface area (Å²) in [6.07, 6.45) is -3.16. The quantitative estimate of drug-likeness (QED) is 0.0707. The molecular weight excluding hydrogens is 690 g/mol. The van der Waals surface area contributed by atoms with E-state index in [4.69, 9.17) is 14.5 Å². The molecule has 0 unspecified atom stereocenters. The van der Waals surface area contributed by atoms with Crippen molar-refractivity contribution in [3.8, 4) is 16.9 Å². The molecule has 6 rings (SSSR count). The van der Waals surface area contributed by atoms with Crippen molar-refractivity contribution in [3.63, 3.8) is 0 Å². The highest BCUT2D eigenvalue weighted by atomic mass is 32.2. The smallest absolute Gasteiger partial charge is 0.428 e. The summed E-state index contributed by atoms with van der Waals surface area (Å²) in [4.78, 5) is 31.9. The summed E-state index contributed by atoms with van der Waals surface area (Å²) in [5.74, 6) is -1.98. The van der Waals surface area contributed by atoms with Crippen molar-refractivity contribution in [2.75, 3.05) is 6.79 Å². The third kappa shape index (κ3) is 7.89. The van der Waals surface area contributed by atoms with Gasteiger partial charge in [-0.15, -0.1) is 13.2 Å². The molecule has 5 aromatic carbocycles. The minimum Gasteiger partial charge on any atom is -0.428 e. The van der Waals surface area contributed by atoms with Crippen LogP contribution in [0.4, 0.5) is 13.2 Å². The molecule has 0 amide bonds. The van der Waals surface area contributed by atoms with Crippen molar-refractivity contribution >= 4 is 23.7 Å². The van der Waals surface area contributed by atoms with E-state index < -0.39 is 36.6 Å². The first-order valence-electron chi connectivity index (χ1n) is 16.3. The Kier molecular flexibility index (Phi) is 10.8. The zero-order chi connectivity index (χ0) is 36.7. The molecule has 7 nitrogen and oxygen atoms in total. The van der Waals surface area contributed by atoms with Gasteiger partial charge in [-0.3, -0.25) is 4.79 Å². The SMILES string of the molecule is CC(C)C(=O)OCOC(=O)c1c(Sc2ccc(-c3ccc(OC(F)(F)F)cc3)cc2)ncn1C(c1ccccc1)(c1ccccc1)c1ccccc1. The van der Waals surface area contributed by atoms with E-state index >= 15 is 0 Å². The van der Waals surface area contributed by atoms with E-state index in [9.17, 15) is 22.8 Å². The van der Waals surface area contributed by atoms with Crippen LogP contribution in [-0.2, 0) is 19.8 Å². The molecule has 0 saturated heterocycles. The van der Waals surface area contributed by atoms with Gasteiger partial charge in [-0.1, -0.05) is 141 Å². The standard InChI is InChI=1S/C41H33F3N2O5S/c1-28(2)38(47)49-27-50-39(48)36-37(52-35-24-20-30(21-25-35)29-18-22-34(23-19-29)51-41(42,43)44)45-26-46(36)40(31-12-6-3-7-13-31,32-14-8-4-9-15-32)33-16-10-5-11-17-33/h3-26,28H,27H2,1-2H3. The Bertz CT molecular complexity index is 2010. The Morgan fingerprint density at radius 1 is 0.692 bits per heavy atom. The number of rotatable bonds is 12. The number of ether oxygens (including phenoxy) is 3. The molecule has 1 aromatic heterocycles. The summed E-state index contributed by atoms with van der Waals surface area (Å²) in [5, 5.41) is 0.341. The zero-order valence-electron chi connectivity index (χ0n) is 28.1. The molecule has 0 aliphatic rings. The van der Waals surface area contributed by atoms with Gasteiger partial charge in [-0.25, -0.2) is 9.78 Å². The minimum absolute atomic E-state index is 0.131. The maximum absolute atomic E-state index is 14.2. The van der Waals surface area contributed by atoms with E-state index in [1.807, 2.05) is 115 Å². The summed E-state index contributed by atoms with van der Waals surface area (Å²) in [6.45, 7) is 2.79. The van der Waals surface area contributed by atoms with Gasteiger partial charge >= 0.3 is 18.3 Å². The minimum atomic E-state index is -4.78. The third-order valence-electron chi connectivity index (χ3n) is 8.22. The molecule has 0 saturated carbocycles. The monoisotopic (exact) mass is 722 g/mol. The van der Waals surface area contributed by atoms with Gasteiger partial charge in [0.1, 0.15) is 16.3 Å². The van der Waals surface area contributed by atoms with Crippen LogP contribution in [0.25, 0.3) is 11.1 Å². The van der Waals surface area contributed by atoms with Crippen LogP contribution in [0, 0.1) is 5.92 Å². The molecule has 0 fully saturated rings. The second-order valence-corrected chi connectivity index (χ2v) is 13.0. The zero-order valence-corrected chi connectivity index (χ0v) is 28.9. The molecule has 11 heteroatoms. The average Bonchev–Trinajstić information content (AvgIpc) is 3.56. The second kappa shape index (κ2) is 15.6. The Morgan fingerprint density at radius 2 is 1.17 bits per heavy atom. The van der Waals surface area contributed by atoms with Crippen LogP contribution in [0.2, 0.25) is 0 Å². The van der Waals surface area contributed by atoms with Crippen molar-refractivity contribution in [2.24, 2.45) is 5.92 Å². The first-order valence-corrected chi connectivity index (χ1v) is 17.1. The van der Waals surface area contributed by atoms with Crippen molar-refractivity contribution in [1.82, 2.24) is 9.55 Å². The number of aromatic nitrogens is 2. The number of imidazole rings is 1. The van der Waals surface area contributed by atoms with Crippen LogP contribution in [-0.4, -0.2) is 34.6 Å². The lowest BCUT2D eigenvalue weighted by molar-refractivity contribution is -0.274. The molecule has 0 bridgehead atoms. The second-order valence-electron chi connectivity index (χ2n) is 11.9. The summed E-state index contributed by atoms with van der Waals surface area (Å²) in [6, 6.07) is 42.2. The number of carbonyl (C=O) groups is 2. The lowest BCUT2D eigenvalue weighted by Gasteiger charge is -2.38. The highest BCUT2D eigenvalue weighted by molar-refractivity contribution is 7.99. The lowest BCUT2D eigenvalue weighted by Crippen LogP contribution is -2.39. The van der Waals surface area contributed by atoms with Gasteiger partial charge in [-0.05, 0) is 52.1 Å². The van der Waals surface area contributed by atoms with E-state index in [-0.39, 0.29) is 11.4 Å². The lowest BCUT2D eigenvalue weighted by atomic mass is 9.76. The number of hydrogen-bond donors (Lipinski definition) is 0. The summed E-state index contributed by atoms with van der Waals surface area (Å²) >= 11 is 1.24. The molecule has 0 spiro atoms. The van der Waals surface area contributed by atoms with Crippen LogP contribution in [0.5, 0.6) is 5.75 Å². The molecule has 264 valence electrons. The molecule has 0 N–H and O–H groups in total. The predicted molar refractivity (Wildman–Crippen MR) is 191 cm³/mol. The first-order chi connectivity index (χ1) is 25.1. The van der Waals surface area contributed by atoms with Crippen LogP contribution in [0.1, 0.15) is 41.0 Å². The molecule has 6 aromatic rings. The molecule has 0 aliphatic heterocycles. The molecule has 52 heavy (non-hydrogen) atoms. The fourth-order valence-corrected chi connectivity index (χ4v) is 6.73. The van der Waals surface area contributed by atoms with Crippen molar-refractivity contribution in [3.05, 3.63) is 168 Å². The Labute approximate surface area is 303 Å². The van der Waals surface area contributed by atoms with Gasteiger partial charge in [0.15, 0.2) is 5.69 Å². The Balaban J connectivity index is 1.44. The highest BCUT2D eigenvalue weighted by Gasteiger charge is 2.42. The summed E-state index contributed by atoms with van der Waals surface area (Å²) in [5.41, 5.74) is 3.06. The largest absolute Gasteiger partial charge is 0.573 e. The number of benzene rings is 5. The topological polar surface area (TPSA) is 79.7 Å². The summed E-state index contributed by atoms with van der Waals surface area (Å²) < 4.78 is 54.5. The molecule has 1 heterocycles. The maximum Gasteiger partial charge on any atom is 0.573 e. The van der Waals surface area contributed by atoms with Gasteiger partial charge in [0, 0.05) is 4.90 Å². The van der Waals surface area contributed by atoms with Crippen molar-refractivity contribution in [2.45, 2.75) is 35.7 Å². The number of esters is 2. The molecular formula is C41H33F3N2O5S. The third-order valence-corrected chi connectivity index (χ3v) is 9.22. The van der Waals surface area contributed by atoms with E-state index in [2.05, 4.69) is 4.74 Å². The number of hydrogen-bond acceptors (Lipinski definition) is 7. The van der Waals surface area contributed by atoms with Crippen LogP contribution in [0.15, 0.2) is 156 Å². The highest BCUT2D eigenvalue weighted by Crippen LogP contribution is 2.44. The number of halogens is 3. The van der Waals surface area contributed by atoms with E-state index in [1.165, 1.54) is 23.9 Å². The maximum atomic E-state index is 14.2. The van der Waals surface area contributed by atoms with E-state index in [0.29, 0.717) is 10.6 Å². The van der Waals surface area contributed by atoms with Gasteiger partial charge in [-0.2, -0.15) is 0 Å². The number of nitrogens with zero attached hydrogens (tertiary/aromatic N) is 2. The van der Waals surface area contributed by atoms with E-state index in [0.717, 1.165) is 27.1 Å². The molecule has 0 radical (unpaired) electrons. The molecule has 0 aliphatic carbocycles. The van der Waals surface area contributed by atoms with Crippen molar-refractivity contribution in [1.29, 1.82) is 0 Å². The van der Waals surface area contributed by atoms with Gasteiger partial charge in [0.2, 0.25) is 6.79 Å². The van der Waals surface area contributed by atoms with Crippen LogP contribution >= 0.6 is 11.8 Å². The van der Waals surface area contributed by atoms with Gasteiger partial charge in [0.25, 0.3) is 0 Å². The van der Waals surface area contributed by atoms with Crippen LogP contribution < -0.4 is 4.74 Å². The Morgan fingerprint density at radius 3 is 1.63 bits per heavy atom. The van der Waals surface area contributed by atoms with Crippen LogP contribution in [0.3, 0.4) is 0 Å². The average molecular weight is 723 g/mol. The van der Waals surface area contributed by atoms with Gasteiger partial charge < -0.3 is 18.8 Å². The first kappa shape index (κ1) is 36.0. The fraction of sp³-hybridized carbons (Fsp3) is 0.146. The fourth-order valence-electron chi connectivity index (χ4n) is 5.85. The number of carbonyl (C=O) groups excluding carboxylic acids is 2. The normalized spacial score (nSPS) is 11.7. The molecule has 0 atom stereocenters. The number of alkyl halides is 3.